The van der Waals surface area contributed by atoms with Gasteiger partial charge in [0, 0.05) is 12.1 Å². The van der Waals surface area contributed by atoms with E-state index in [9.17, 15) is 0 Å². The van der Waals surface area contributed by atoms with Gasteiger partial charge in [0.05, 0.1) is 16.1 Å². The number of halogens is 2. The molecule has 4 fully saturated rings. The zero-order valence-corrected chi connectivity index (χ0v) is 17.9. The maximum atomic E-state index is 6.44. The van der Waals surface area contributed by atoms with Crippen molar-refractivity contribution >= 4 is 23.2 Å². The lowest BCUT2D eigenvalue weighted by molar-refractivity contribution is -0.118. The first-order chi connectivity index (χ1) is 12.1. The van der Waals surface area contributed by atoms with E-state index in [0.717, 1.165) is 18.0 Å². The van der Waals surface area contributed by atoms with Crippen LogP contribution < -0.4 is 10.1 Å². The van der Waals surface area contributed by atoms with Crippen LogP contribution in [0.3, 0.4) is 0 Å². The molecule has 0 aromatic heterocycles. The number of rotatable bonds is 5. The number of hydrogen-bond donors (Lipinski definition) is 1. The van der Waals surface area contributed by atoms with Crippen molar-refractivity contribution in [2.45, 2.75) is 84.4 Å². The Balaban J connectivity index is 1.51. The van der Waals surface area contributed by atoms with Crippen LogP contribution in [0.1, 0.15) is 71.8 Å². The number of benzene rings is 1. The van der Waals surface area contributed by atoms with Gasteiger partial charge in [-0.3, -0.25) is 0 Å². The lowest BCUT2D eigenvalue weighted by Gasteiger charge is -2.65. The van der Waals surface area contributed by atoms with Crippen LogP contribution in [0.15, 0.2) is 12.1 Å². The smallest absolute Gasteiger partial charge is 0.156 e. The van der Waals surface area contributed by atoms with Crippen LogP contribution in [0.2, 0.25) is 10.0 Å². The third-order valence-electron chi connectivity index (χ3n) is 6.71. The highest BCUT2D eigenvalue weighted by Gasteiger charge is 2.59. The van der Waals surface area contributed by atoms with Gasteiger partial charge in [0.25, 0.3) is 0 Å². The number of nitrogens with one attached hydrogen (secondary N) is 1. The molecule has 26 heavy (non-hydrogen) atoms. The van der Waals surface area contributed by atoms with Gasteiger partial charge in [-0.05, 0) is 86.8 Å². The molecule has 0 radical (unpaired) electrons. The third-order valence-corrected chi connectivity index (χ3v) is 7.27. The zero-order chi connectivity index (χ0) is 18.7. The number of hydrogen-bond acceptors (Lipinski definition) is 2. The summed E-state index contributed by atoms with van der Waals surface area (Å²) in [4.78, 5) is 0. The molecule has 4 heteroatoms. The Hall–Kier alpha value is -0.440. The molecule has 144 valence electrons. The fourth-order valence-corrected chi connectivity index (χ4v) is 7.62. The van der Waals surface area contributed by atoms with E-state index in [1.54, 1.807) is 0 Å². The van der Waals surface area contributed by atoms with Crippen LogP contribution in [0, 0.1) is 16.7 Å². The Bertz CT molecular complexity index is 675. The Morgan fingerprint density at radius 3 is 2.12 bits per heavy atom. The summed E-state index contributed by atoms with van der Waals surface area (Å²) >= 11 is 12.9. The molecule has 4 saturated carbocycles. The first-order valence-corrected chi connectivity index (χ1v) is 10.7. The molecule has 1 aromatic rings. The summed E-state index contributed by atoms with van der Waals surface area (Å²) < 4.78 is 5.75. The van der Waals surface area contributed by atoms with Gasteiger partial charge < -0.3 is 10.1 Å². The Kier molecular flexibility index (Phi) is 4.57. The van der Waals surface area contributed by atoms with Gasteiger partial charge in [0.2, 0.25) is 0 Å². The van der Waals surface area contributed by atoms with Gasteiger partial charge in [-0.15, -0.1) is 0 Å². The molecule has 4 aliphatic rings. The maximum Gasteiger partial charge on any atom is 0.156 e. The van der Waals surface area contributed by atoms with Crippen molar-refractivity contribution in [3.63, 3.8) is 0 Å². The molecule has 0 heterocycles. The molecule has 0 spiro atoms. The molecular weight excluding hydrogens is 365 g/mol. The molecule has 4 aliphatic carbocycles. The van der Waals surface area contributed by atoms with Gasteiger partial charge in [-0.2, -0.15) is 0 Å². The van der Waals surface area contributed by atoms with E-state index in [4.69, 9.17) is 27.9 Å². The van der Waals surface area contributed by atoms with Crippen molar-refractivity contribution in [2.24, 2.45) is 16.7 Å². The van der Waals surface area contributed by atoms with Crippen molar-refractivity contribution in [1.29, 1.82) is 0 Å². The highest BCUT2D eigenvalue weighted by atomic mass is 35.5. The fraction of sp³-hybridized carbons (Fsp3) is 0.727. The van der Waals surface area contributed by atoms with Gasteiger partial charge in [-0.1, -0.05) is 37.0 Å². The fourth-order valence-electron chi connectivity index (χ4n) is 7.00. The van der Waals surface area contributed by atoms with E-state index in [1.807, 2.05) is 26.0 Å². The summed E-state index contributed by atoms with van der Waals surface area (Å²) in [6, 6.07) is 4.00. The first kappa shape index (κ1) is 18.9. The minimum atomic E-state index is 0.0579. The molecule has 1 aromatic carbocycles. The van der Waals surface area contributed by atoms with Crippen LogP contribution in [-0.4, -0.2) is 11.6 Å². The minimum Gasteiger partial charge on any atom is -0.488 e. The molecule has 2 unspecified atom stereocenters. The third kappa shape index (κ3) is 3.50. The quantitative estimate of drug-likeness (QED) is 0.604. The predicted octanol–water partition coefficient (Wildman–Crippen LogP) is 6.62. The summed E-state index contributed by atoms with van der Waals surface area (Å²) in [6.07, 6.45) is 8.25. The van der Waals surface area contributed by atoms with Crippen molar-refractivity contribution in [3.05, 3.63) is 27.7 Å². The largest absolute Gasteiger partial charge is 0.488 e. The summed E-state index contributed by atoms with van der Waals surface area (Å²) in [5, 5.41) is 5.16. The minimum absolute atomic E-state index is 0.0579. The highest BCUT2D eigenvalue weighted by molar-refractivity contribution is 6.37. The molecule has 2 nitrogen and oxygen atoms in total. The SMILES string of the molecule is CC(C)Oc1c(Cl)cc(CNC23CC4C[C@@](C)(C2)C[C@](C)(C4)C3)cc1Cl. The van der Waals surface area contributed by atoms with Gasteiger partial charge >= 0.3 is 0 Å². The predicted molar refractivity (Wildman–Crippen MR) is 109 cm³/mol. The summed E-state index contributed by atoms with van der Waals surface area (Å²) in [7, 11) is 0. The highest BCUT2D eigenvalue weighted by Crippen LogP contribution is 2.66. The summed E-state index contributed by atoms with van der Waals surface area (Å²) in [5.41, 5.74) is 2.47. The molecule has 4 atom stereocenters. The van der Waals surface area contributed by atoms with Crippen molar-refractivity contribution in [3.8, 4) is 5.75 Å². The monoisotopic (exact) mass is 395 g/mol. The molecule has 5 rings (SSSR count). The molecule has 1 N–H and O–H groups in total. The Morgan fingerprint density at radius 2 is 1.62 bits per heavy atom. The van der Waals surface area contributed by atoms with Crippen molar-refractivity contribution < 1.29 is 4.74 Å². The Morgan fingerprint density at radius 1 is 1.04 bits per heavy atom. The second-order valence-electron chi connectivity index (χ2n) is 10.3. The van der Waals surface area contributed by atoms with E-state index in [1.165, 1.54) is 38.5 Å². The van der Waals surface area contributed by atoms with Gasteiger partial charge in [-0.25, -0.2) is 0 Å². The van der Waals surface area contributed by atoms with Gasteiger partial charge in [0.1, 0.15) is 0 Å². The van der Waals surface area contributed by atoms with Crippen molar-refractivity contribution in [1.82, 2.24) is 5.32 Å². The summed E-state index contributed by atoms with van der Waals surface area (Å²) in [6.45, 7) is 9.81. The number of ether oxygens (including phenoxy) is 1. The molecule has 0 amide bonds. The standard InChI is InChI=1S/C22H31Cl2NO/c1-14(2)26-19-17(23)5-15(6-18(19)24)10-25-22-9-16-7-20(3,12-22)11-21(4,8-16)13-22/h5-6,14,16,25H,7-13H2,1-4H3/t16?,20-,21+,22?. The lowest BCUT2D eigenvalue weighted by Crippen LogP contribution is -2.63. The average molecular weight is 396 g/mol. The zero-order valence-electron chi connectivity index (χ0n) is 16.4. The van der Waals surface area contributed by atoms with E-state index in [2.05, 4.69) is 19.2 Å². The average Bonchev–Trinajstić information content (AvgIpc) is 2.45. The maximum absolute atomic E-state index is 6.44. The molecular formula is C22H31Cl2NO. The van der Waals surface area contributed by atoms with E-state index < -0.39 is 0 Å². The van der Waals surface area contributed by atoms with E-state index in [-0.39, 0.29) is 11.6 Å². The van der Waals surface area contributed by atoms with Crippen LogP contribution in [-0.2, 0) is 6.54 Å². The normalized spacial score (nSPS) is 38.2. The molecule has 4 bridgehead atoms. The van der Waals surface area contributed by atoms with Crippen LogP contribution in [0.4, 0.5) is 0 Å². The van der Waals surface area contributed by atoms with E-state index >= 15 is 0 Å². The summed E-state index contributed by atoms with van der Waals surface area (Å²) in [5.74, 6) is 1.49. The second kappa shape index (κ2) is 6.29. The second-order valence-corrected chi connectivity index (χ2v) is 11.1. The van der Waals surface area contributed by atoms with Gasteiger partial charge in [0.15, 0.2) is 5.75 Å². The topological polar surface area (TPSA) is 21.3 Å². The first-order valence-electron chi connectivity index (χ1n) is 9.99. The molecule has 0 aliphatic heterocycles. The Labute approximate surface area is 168 Å². The van der Waals surface area contributed by atoms with Crippen LogP contribution >= 0.6 is 23.2 Å². The van der Waals surface area contributed by atoms with Crippen LogP contribution in [0.25, 0.3) is 0 Å². The van der Waals surface area contributed by atoms with Crippen molar-refractivity contribution in [2.75, 3.05) is 0 Å². The molecule has 0 saturated heterocycles. The van der Waals surface area contributed by atoms with E-state index in [0.29, 0.717) is 26.6 Å². The van der Waals surface area contributed by atoms with Crippen LogP contribution in [0.5, 0.6) is 5.75 Å². The lowest BCUT2D eigenvalue weighted by atomic mass is 9.43.